The number of hydrogen-bond donors (Lipinski definition) is 1. The number of rotatable bonds is 4. The van der Waals surface area contributed by atoms with Crippen molar-refractivity contribution >= 4 is 28.0 Å². The van der Waals surface area contributed by atoms with Crippen LogP contribution in [0.15, 0.2) is 28.7 Å². The van der Waals surface area contributed by atoms with Crippen LogP contribution in [0.5, 0.6) is 0 Å². The van der Waals surface area contributed by atoms with Crippen molar-refractivity contribution < 1.29 is 9.90 Å². The summed E-state index contributed by atoms with van der Waals surface area (Å²) >= 11 is 3.34. The minimum atomic E-state index is -0.977. The van der Waals surface area contributed by atoms with Crippen molar-refractivity contribution in [3.05, 3.63) is 39.9 Å². The quantitative estimate of drug-likeness (QED) is 0.862. The lowest BCUT2D eigenvalue weighted by molar-refractivity contribution is -0.131. The Morgan fingerprint density at radius 3 is 2.94 bits per heavy atom. The number of halogens is 1. The second-order valence-electron chi connectivity index (χ2n) is 3.19. The zero-order valence-electron chi connectivity index (χ0n) is 8.48. The van der Waals surface area contributed by atoms with Crippen molar-refractivity contribution in [2.24, 2.45) is 0 Å². The second-order valence-corrected chi connectivity index (χ2v) is 4.04. The van der Waals surface area contributed by atoms with Gasteiger partial charge in [0.05, 0.1) is 6.07 Å². The number of aliphatic carboxylic acids is 1. The van der Waals surface area contributed by atoms with Crippen molar-refractivity contribution in [2.75, 3.05) is 0 Å². The van der Waals surface area contributed by atoms with E-state index in [1.165, 1.54) is 6.08 Å². The van der Waals surface area contributed by atoms with Gasteiger partial charge in [-0.05, 0) is 29.7 Å². The summed E-state index contributed by atoms with van der Waals surface area (Å²) in [6.45, 7) is 0. The highest BCUT2D eigenvalue weighted by atomic mass is 79.9. The van der Waals surface area contributed by atoms with Crippen molar-refractivity contribution in [2.45, 2.75) is 12.8 Å². The molecule has 0 unspecified atom stereocenters. The van der Waals surface area contributed by atoms with Crippen LogP contribution in [0.3, 0.4) is 0 Å². The van der Waals surface area contributed by atoms with Crippen LogP contribution >= 0.6 is 15.9 Å². The molecule has 0 spiro atoms. The second kappa shape index (κ2) is 6.09. The average Bonchev–Trinajstić information content (AvgIpc) is 2.26. The van der Waals surface area contributed by atoms with E-state index in [1.54, 1.807) is 0 Å². The molecule has 3 nitrogen and oxygen atoms in total. The molecular formula is C12H10BrNO2. The molecule has 0 aromatic heterocycles. The van der Waals surface area contributed by atoms with Crippen LogP contribution in [0.1, 0.15) is 17.5 Å². The van der Waals surface area contributed by atoms with Gasteiger partial charge in [0.25, 0.3) is 0 Å². The maximum Gasteiger partial charge on any atom is 0.328 e. The summed E-state index contributed by atoms with van der Waals surface area (Å²) in [6.07, 6.45) is 3.76. The Hall–Kier alpha value is -1.60. The average molecular weight is 280 g/mol. The molecule has 0 saturated carbocycles. The van der Waals surface area contributed by atoms with Crippen LogP contribution in [0.25, 0.3) is 6.08 Å². The Balaban J connectivity index is 2.91. The molecule has 0 aliphatic carbocycles. The van der Waals surface area contributed by atoms with Crippen LogP contribution < -0.4 is 0 Å². The Morgan fingerprint density at radius 1 is 1.56 bits per heavy atom. The van der Waals surface area contributed by atoms with Gasteiger partial charge in [-0.2, -0.15) is 5.26 Å². The van der Waals surface area contributed by atoms with E-state index in [4.69, 9.17) is 10.4 Å². The van der Waals surface area contributed by atoms with E-state index in [2.05, 4.69) is 22.0 Å². The predicted molar refractivity (Wildman–Crippen MR) is 64.7 cm³/mol. The summed E-state index contributed by atoms with van der Waals surface area (Å²) in [5, 5.41) is 17.0. The first-order chi connectivity index (χ1) is 7.63. The van der Waals surface area contributed by atoms with Crippen LogP contribution in [0, 0.1) is 11.3 Å². The number of hydrogen-bond acceptors (Lipinski definition) is 2. The maximum atomic E-state index is 10.4. The standard InChI is InChI=1S/C12H10BrNO2/c13-11-5-3-9(2-1-7-14)8-10(11)4-6-12(15)16/h3-6,8H,1-2H2,(H,15,16)/b6-4+. The molecule has 0 radical (unpaired) electrons. The molecule has 4 heteroatoms. The first-order valence-electron chi connectivity index (χ1n) is 4.70. The van der Waals surface area contributed by atoms with E-state index in [1.807, 2.05) is 18.2 Å². The third kappa shape index (κ3) is 3.87. The summed E-state index contributed by atoms with van der Waals surface area (Å²) in [6, 6.07) is 7.72. The van der Waals surface area contributed by atoms with E-state index >= 15 is 0 Å². The molecule has 1 rings (SSSR count). The van der Waals surface area contributed by atoms with Crippen molar-refractivity contribution in [3.63, 3.8) is 0 Å². The van der Waals surface area contributed by atoms with Crippen LogP contribution in [0.2, 0.25) is 0 Å². The molecular weight excluding hydrogens is 270 g/mol. The van der Waals surface area contributed by atoms with Crippen LogP contribution in [0.4, 0.5) is 0 Å². The van der Waals surface area contributed by atoms with E-state index in [0.29, 0.717) is 12.8 Å². The highest BCUT2D eigenvalue weighted by Gasteiger charge is 1.99. The van der Waals surface area contributed by atoms with Gasteiger partial charge in [-0.25, -0.2) is 4.79 Å². The number of carboxylic acid groups (broad SMARTS) is 1. The highest BCUT2D eigenvalue weighted by molar-refractivity contribution is 9.10. The van der Waals surface area contributed by atoms with Gasteiger partial charge in [0.2, 0.25) is 0 Å². The van der Waals surface area contributed by atoms with Crippen molar-refractivity contribution in [1.29, 1.82) is 5.26 Å². The topological polar surface area (TPSA) is 61.1 Å². The fraction of sp³-hybridized carbons (Fsp3) is 0.167. The fourth-order valence-corrected chi connectivity index (χ4v) is 1.62. The zero-order valence-corrected chi connectivity index (χ0v) is 10.1. The Labute approximate surface area is 102 Å². The predicted octanol–water partition coefficient (Wildman–Crippen LogP) is 3.00. The molecule has 1 aromatic rings. The molecule has 0 aliphatic rings. The smallest absolute Gasteiger partial charge is 0.328 e. The number of nitriles is 1. The highest BCUT2D eigenvalue weighted by Crippen LogP contribution is 2.20. The fourth-order valence-electron chi connectivity index (χ4n) is 1.24. The maximum absolute atomic E-state index is 10.4. The van der Waals surface area contributed by atoms with Gasteiger partial charge in [0, 0.05) is 17.0 Å². The molecule has 0 amide bonds. The van der Waals surface area contributed by atoms with Crippen molar-refractivity contribution in [1.82, 2.24) is 0 Å². The summed E-state index contributed by atoms with van der Waals surface area (Å²) in [4.78, 5) is 10.4. The Kier molecular flexibility index (Phi) is 4.74. The number of carboxylic acids is 1. The zero-order chi connectivity index (χ0) is 12.0. The first kappa shape index (κ1) is 12.5. The Morgan fingerprint density at radius 2 is 2.31 bits per heavy atom. The Bertz CT molecular complexity index is 461. The third-order valence-corrected chi connectivity index (χ3v) is 2.71. The van der Waals surface area contributed by atoms with Gasteiger partial charge >= 0.3 is 5.97 Å². The van der Waals surface area contributed by atoms with E-state index in [-0.39, 0.29) is 0 Å². The molecule has 0 fully saturated rings. The largest absolute Gasteiger partial charge is 0.478 e. The molecule has 0 heterocycles. The molecule has 1 N–H and O–H groups in total. The number of nitrogens with zero attached hydrogens (tertiary/aromatic N) is 1. The van der Waals surface area contributed by atoms with Gasteiger partial charge in [0.15, 0.2) is 0 Å². The molecule has 0 atom stereocenters. The number of carbonyl (C=O) groups is 1. The molecule has 0 aliphatic heterocycles. The van der Waals surface area contributed by atoms with Gasteiger partial charge in [-0.1, -0.05) is 28.1 Å². The molecule has 82 valence electrons. The van der Waals surface area contributed by atoms with Gasteiger partial charge in [-0.3, -0.25) is 0 Å². The molecule has 0 bridgehead atoms. The van der Waals surface area contributed by atoms with E-state index in [9.17, 15) is 4.79 Å². The molecule has 0 saturated heterocycles. The monoisotopic (exact) mass is 279 g/mol. The lowest BCUT2D eigenvalue weighted by Gasteiger charge is -2.02. The number of benzene rings is 1. The summed E-state index contributed by atoms with van der Waals surface area (Å²) in [7, 11) is 0. The molecule has 16 heavy (non-hydrogen) atoms. The lowest BCUT2D eigenvalue weighted by atomic mass is 10.1. The minimum Gasteiger partial charge on any atom is -0.478 e. The molecule has 1 aromatic carbocycles. The van der Waals surface area contributed by atoms with Gasteiger partial charge in [-0.15, -0.1) is 0 Å². The van der Waals surface area contributed by atoms with E-state index in [0.717, 1.165) is 21.7 Å². The van der Waals surface area contributed by atoms with Gasteiger partial charge < -0.3 is 5.11 Å². The van der Waals surface area contributed by atoms with Gasteiger partial charge in [0.1, 0.15) is 0 Å². The minimum absolute atomic E-state index is 0.462. The first-order valence-corrected chi connectivity index (χ1v) is 5.49. The van der Waals surface area contributed by atoms with E-state index < -0.39 is 5.97 Å². The van der Waals surface area contributed by atoms with Crippen LogP contribution in [-0.4, -0.2) is 11.1 Å². The van der Waals surface area contributed by atoms with Crippen molar-refractivity contribution in [3.8, 4) is 6.07 Å². The van der Waals surface area contributed by atoms with Crippen LogP contribution in [-0.2, 0) is 11.2 Å². The summed E-state index contributed by atoms with van der Waals surface area (Å²) in [5.41, 5.74) is 1.83. The summed E-state index contributed by atoms with van der Waals surface area (Å²) < 4.78 is 0.839. The number of aryl methyl sites for hydroxylation is 1. The SMILES string of the molecule is N#CCCc1ccc(Br)c(/C=C/C(=O)O)c1. The normalized spacial score (nSPS) is 10.2. The third-order valence-electron chi connectivity index (χ3n) is 1.99. The lowest BCUT2D eigenvalue weighted by Crippen LogP contribution is -1.88. The summed E-state index contributed by atoms with van der Waals surface area (Å²) in [5.74, 6) is -0.977.